The third kappa shape index (κ3) is 5.58. The van der Waals surface area contributed by atoms with Gasteiger partial charge in [0.1, 0.15) is 11.5 Å². The minimum atomic E-state index is -0.539. The molecule has 0 radical (unpaired) electrons. The molecule has 1 heterocycles. The molecule has 0 unspecified atom stereocenters. The van der Waals surface area contributed by atoms with Crippen molar-refractivity contribution in [2.24, 2.45) is 0 Å². The van der Waals surface area contributed by atoms with E-state index in [0.29, 0.717) is 17.7 Å². The summed E-state index contributed by atoms with van der Waals surface area (Å²) in [6.45, 7) is 0.116. The van der Waals surface area contributed by atoms with Gasteiger partial charge in [0.15, 0.2) is 0 Å². The van der Waals surface area contributed by atoms with E-state index in [-0.39, 0.29) is 18.9 Å². The van der Waals surface area contributed by atoms with Gasteiger partial charge in [-0.05, 0) is 47.0 Å². The van der Waals surface area contributed by atoms with Crippen LogP contribution in [-0.4, -0.2) is 32.0 Å². The molecular weight excluding hydrogens is 425 g/mol. The number of halogens is 1. The number of hydrogen-bond acceptors (Lipinski definition) is 5. The second-order valence-electron chi connectivity index (χ2n) is 7.66. The summed E-state index contributed by atoms with van der Waals surface area (Å²) >= 11 is 0. The molecule has 2 amide bonds. The normalized spacial score (nSPS) is 11.8. The topological polar surface area (TPSA) is 109 Å². The number of benzene rings is 3. The molecule has 0 aliphatic rings. The smallest absolute Gasteiger partial charge is 0.251 e. The summed E-state index contributed by atoms with van der Waals surface area (Å²) in [6.07, 6.45) is 2.14. The van der Waals surface area contributed by atoms with E-state index in [4.69, 9.17) is 5.21 Å². The first kappa shape index (κ1) is 22.1. The van der Waals surface area contributed by atoms with Crippen LogP contribution in [0, 0.1) is 5.82 Å². The van der Waals surface area contributed by atoms with Crippen molar-refractivity contribution in [3.05, 3.63) is 95.6 Å². The molecule has 3 aromatic carbocycles. The number of nitrogens with zero attached hydrogens (tertiary/aromatic N) is 3. The third-order valence-corrected chi connectivity index (χ3v) is 5.30. The lowest BCUT2D eigenvalue weighted by Crippen LogP contribution is -2.25. The summed E-state index contributed by atoms with van der Waals surface area (Å²) < 4.78 is 14.6. The fourth-order valence-corrected chi connectivity index (χ4v) is 3.60. The van der Waals surface area contributed by atoms with Crippen LogP contribution in [0.1, 0.15) is 34.1 Å². The summed E-state index contributed by atoms with van der Waals surface area (Å²) in [5, 5.41) is 22.1. The Hall–Kier alpha value is -4.11. The number of carbonyl (C=O) groups excluding carboxylic acids is 2. The van der Waals surface area contributed by atoms with E-state index >= 15 is 0 Å². The van der Waals surface area contributed by atoms with Crippen LogP contribution < -0.4 is 10.8 Å². The molecule has 0 aliphatic heterocycles. The third-order valence-electron chi connectivity index (χ3n) is 5.30. The summed E-state index contributed by atoms with van der Waals surface area (Å²) in [6, 6.07) is 18.9. The predicted molar refractivity (Wildman–Crippen MR) is 119 cm³/mol. The standard InChI is InChI=1S/C24H22FN5O3/c25-20-9-7-18(8-10-20)24(32)26-14-21-15-30(29-27-21)22(13-23(31)28-33)12-16-5-6-17-3-1-2-4-19(17)11-16/h1-11,15,22,33H,12-14H2,(H,26,32)(H,28,31)/t22-/m1/s1. The Morgan fingerprint density at radius 3 is 2.55 bits per heavy atom. The molecule has 0 saturated heterocycles. The average molecular weight is 447 g/mol. The van der Waals surface area contributed by atoms with E-state index in [1.165, 1.54) is 24.3 Å². The zero-order chi connectivity index (χ0) is 23.2. The van der Waals surface area contributed by atoms with Crippen molar-refractivity contribution in [2.45, 2.75) is 25.4 Å². The molecule has 8 nitrogen and oxygen atoms in total. The molecule has 1 atom stereocenters. The number of hydrogen-bond donors (Lipinski definition) is 3. The van der Waals surface area contributed by atoms with Crippen molar-refractivity contribution in [2.75, 3.05) is 0 Å². The number of fused-ring (bicyclic) bond motifs is 1. The van der Waals surface area contributed by atoms with Crippen molar-refractivity contribution in [1.82, 2.24) is 25.8 Å². The van der Waals surface area contributed by atoms with Crippen molar-refractivity contribution < 1.29 is 19.2 Å². The molecule has 4 rings (SSSR count). The van der Waals surface area contributed by atoms with E-state index < -0.39 is 17.8 Å². The van der Waals surface area contributed by atoms with Gasteiger partial charge in [-0.2, -0.15) is 0 Å². The van der Waals surface area contributed by atoms with Crippen molar-refractivity contribution >= 4 is 22.6 Å². The van der Waals surface area contributed by atoms with Crippen molar-refractivity contribution in [1.29, 1.82) is 0 Å². The van der Waals surface area contributed by atoms with Crippen LogP contribution in [0.5, 0.6) is 0 Å². The largest absolute Gasteiger partial charge is 0.346 e. The second kappa shape index (κ2) is 10.0. The van der Waals surface area contributed by atoms with Crippen molar-refractivity contribution in [3.63, 3.8) is 0 Å². The molecule has 0 aliphatic carbocycles. The summed E-state index contributed by atoms with van der Waals surface area (Å²) in [7, 11) is 0. The first-order valence-electron chi connectivity index (χ1n) is 10.4. The maximum Gasteiger partial charge on any atom is 0.251 e. The Bertz CT molecular complexity index is 1270. The quantitative estimate of drug-likeness (QED) is 0.284. The number of aromatic nitrogens is 3. The molecule has 3 N–H and O–H groups in total. The van der Waals surface area contributed by atoms with E-state index in [9.17, 15) is 14.0 Å². The maximum absolute atomic E-state index is 13.0. The van der Waals surface area contributed by atoms with E-state index in [1.54, 1.807) is 16.4 Å². The first-order valence-corrected chi connectivity index (χ1v) is 10.4. The minimum Gasteiger partial charge on any atom is -0.346 e. The highest BCUT2D eigenvalue weighted by Gasteiger charge is 2.19. The SMILES string of the molecule is O=C(C[C@@H](Cc1ccc2ccccc2c1)n1cc(CNC(=O)c2ccc(F)cc2)nn1)NO. The van der Waals surface area contributed by atoms with Gasteiger partial charge in [-0.3, -0.25) is 14.8 Å². The number of carbonyl (C=O) groups is 2. The van der Waals surface area contributed by atoms with Crippen LogP contribution in [0.15, 0.2) is 72.9 Å². The molecule has 0 saturated carbocycles. The molecular formula is C24H22FN5O3. The first-order chi connectivity index (χ1) is 16.0. The number of hydroxylamine groups is 1. The van der Waals surface area contributed by atoms with Gasteiger partial charge in [0.25, 0.3) is 5.91 Å². The molecule has 9 heteroatoms. The number of amides is 2. The Labute approximate surface area is 189 Å². The monoisotopic (exact) mass is 447 g/mol. The summed E-state index contributed by atoms with van der Waals surface area (Å²) in [5.41, 5.74) is 3.50. The minimum absolute atomic E-state index is 0.00589. The van der Waals surface area contributed by atoms with E-state index in [2.05, 4.69) is 21.7 Å². The van der Waals surface area contributed by atoms with E-state index in [1.807, 2.05) is 36.4 Å². The fourth-order valence-electron chi connectivity index (χ4n) is 3.60. The van der Waals surface area contributed by atoms with Crippen molar-refractivity contribution in [3.8, 4) is 0 Å². The molecule has 1 aromatic heterocycles. The number of nitrogens with one attached hydrogen (secondary N) is 2. The zero-order valence-electron chi connectivity index (χ0n) is 17.6. The molecule has 4 aromatic rings. The van der Waals surface area contributed by atoms with Gasteiger partial charge in [0.2, 0.25) is 5.91 Å². The summed E-state index contributed by atoms with van der Waals surface area (Å²) in [5.74, 6) is -1.32. The van der Waals surface area contributed by atoms with E-state index in [0.717, 1.165) is 16.3 Å². The van der Waals surface area contributed by atoms with Crippen LogP contribution in [0.4, 0.5) is 4.39 Å². The van der Waals surface area contributed by atoms with Gasteiger partial charge >= 0.3 is 0 Å². The van der Waals surface area contributed by atoms with Gasteiger partial charge in [-0.1, -0.05) is 47.7 Å². The second-order valence-corrected chi connectivity index (χ2v) is 7.66. The maximum atomic E-state index is 13.0. The Morgan fingerprint density at radius 1 is 1.03 bits per heavy atom. The van der Waals surface area contributed by atoms with Gasteiger partial charge in [-0.15, -0.1) is 5.10 Å². The zero-order valence-corrected chi connectivity index (χ0v) is 17.6. The Kier molecular flexibility index (Phi) is 6.70. The molecule has 0 fully saturated rings. The highest BCUT2D eigenvalue weighted by atomic mass is 19.1. The van der Waals surface area contributed by atoms with Crippen LogP contribution >= 0.6 is 0 Å². The average Bonchev–Trinajstić information content (AvgIpc) is 3.31. The molecule has 168 valence electrons. The lowest BCUT2D eigenvalue weighted by molar-refractivity contribution is -0.130. The van der Waals surface area contributed by atoms with Gasteiger partial charge in [-0.25, -0.2) is 14.6 Å². The van der Waals surface area contributed by atoms with Gasteiger partial charge < -0.3 is 5.32 Å². The van der Waals surface area contributed by atoms with Gasteiger partial charge in [0.05, 0.1) is 25.2 Å². The molecule has 0 spiro atoms. The molecule has 33 heavy (non-hydrogen) atoms. The Balaban J connectivity index is 1.47. The van der Waals surface area contributed by atoms with Crippen LogP contribution in [0.2, 0.25) is 0 Å². The van der Waals surface area contributed by atoms with Crippen LogP contribution in [-0.2, 0) is 17.8 Å². The predicted octanol–water partition coefficient (Wildman–Crippen LogP) is 3.18. The Morgan fingerprint density at radius 2 is 1.79 bits per heavy atom. The number of rotatable bonds is 8. The highest BCUT2D eigenvalue weighted by molar-refractivity contribution is 5.94. The van der Waals surface area contributed by atoms with Crippen LogP contribution in [0.3, 0.4) is 0 Å². The highest BCUT2D eigenvalue weighted by Crippen LogP contribution is 2.22. The summed E-state index contributed by atoms with van der Waals surface area (Å²) in [4.78, 5) is 24.1. The lowest BCUT2D eigenvalue weighted by Gasteiger charge is -2.16. The van der Waals surface area contributed by atoms with Crippen LogP contribution in [0.25, 0.3) is 10.8 Å². The molecule has 0 bridgehead atoms. The van der Waals surface area contributed by atoms with Gasteiger partial charge in [0, 0.05) is 5.56 Å². The lowest BCUT2D eigenvalue weighted by atomic mass is 10.00. The fraction of sp³-hybridized carbons (Fsp3) is 0.167.